The van der Waals surface area contributed by atoms with Crippen LogP contribution in [0.1, 0.15) is 23.9 Å². The molecule has 1 aliphatic rings. The summed E-state index contributed by atoms with van der Waals surface area (Å²) in [5.74, 6) is 0.609. The van der Waals surface area contributed by atoms with Gasteiger partial charge in [-0.05, 0) is 25.3 Å². The highest BCUT2D eigenvalue weighted by atomic mass is 32.1. The van der Waals surface area contributed by atoms with Crippen LogP contribution in [-0.2, 0) is 6.42 Å². The second-order valence-corrected chi connectivity index (χ2v) is 7.93. The van der Waals surface area contributed by atoms with Crippen LogP contribution in [0.5, 0.6) is 0 Å². The molecule has 5 heteroatoms. The highest BCUT2D eigenvalue weighted by molar-refractivity contribution is 7.11. The Balaban J connectivity index is 1.47. The first-order valence-corrected chi connectivity index (χ1v) is 10.3. The summed E-state index contributed by atoms with van der Waals surface area (Å²) < 4.78 is 0. The molecule has 142 valence electrons. The monoisotopic (exact) mass is 389 g/mol. The van der Waals surface area contributed by atoms with E-state index in [0.29, 0.717) is 23.0 Å². The largest absolute Gasteiger partial charge is 0.510 e. The van der Waals surface area contributed by atoms with Crippen molar-refractivity contribution in [1.82, 2.24) is 9.88 Å². The molecule has 1 atom stereocenters. The predicted molar refractivity (Wildman–Crippen MR) is 116 cm³/mol. The Kier molecular flexibility index (Phi) is 5.26. The average molecular weight is 390 g/mol. The lowest BCUT2D eigenvalue weighted by atomic mass is 10.1. The van der Waals surface area contributed by atoms with Gasteiger partial charge in [-0.3, -0.25) is 5.41 Å². The van der Waals surface area contributed by atoms with Crippen LogP contribution in [0.4, 0.5) is 0 Å². The van der Waals surface area contributed by atoms with Crippen molar-refractivity contribution in [3.8, 4) is 11.3 Å². The third-order valence-electron chi connectivity index (χ3n) is 5.15. The number of hydrogen-bond acceptors (Lipinski definition) is 4. The minimum Gasteiger partial charge on any atom is -0.510 e. The zero-order valence-electron chi connectivity index (χ0n) is 15.8. The molecule has 4 nitrogen and oxygen atoms in total. The second-order valence-electron chi connectivity index (χ2n) is 7.08. The second kappa shape index (κ2) is 7.98. The molecule has 0 bridgehead atoms. The van der Waals surface area contributed by atoms with Crippen LogP contribution in [0, 0.1) is 5.41 Å². The van der Waals surface area contributed by atoms with Crippen molar-refractivity contribution in [1.29, 1.82) is 5.41 Å². The SMILES string of the molecule is C[C@H](CCc1ccccc1)N1CC(O)=C(c2nc(-c3ccccc3)cs2)C1=N. The first-order chi connectivity index (χ1) is 13.6. The number of benzene rings is 2. The number of nitrogens with one attached hydrogen (secondary N) is 1. The number of aliphatic hydroxyl groups is 1. The van der Waals surface area contributed by atoms with Gasteiger partial charge in [-0.2, -0.15) is 0 Å². The molecule has 4 rings (SSSR count). The van der Waals surface area contributed by atoms with Gasteiger partial charge in [0.25, 0.3) is 0 Å². The number of aliphatic hydroxyl groups excluding tert-OH is 1. The maximum Gasteiger partial charge on any atom is 0.135 e. The van der Waals surface area contributed by atoms with Crippen LogP contribution < -0.4 is 0 Å². The molecule has 3 aromatic rings. The molecule has 0 saturated carbocycles. The molecule has 2 heterocycles. The summed E-state index contributed by atoms with van der Waals surface area (Å²) >= 11 is 1.48. The standard InChI is InChI=1S/C23H23N3OS/c1-16(12-13-17-8-4-2-5-9-17)26-14-20(27)21(22(26)24)23-25-19(15-28-23)18-10-6-3-7-11-18/h2-11,15-16,24,27H,12-14H2,1H3/t16-/m1/s1. The average Bonchev–Trinajstić information content (AvgIpc) is 3.32. The van der Waals surface area contributed by atoms with Gasteiger partial charge in [0.05, 0.1) is 17.8 Å². The van der Waals surface area contributed by atoms with Gasteiger partial charge in [0.2, 0.25) is 0 Å². The van der Waals surface area contributed by atoms with Gasteiger partial charge >= 0.3 is 0 Å². The third-order valence-corrected chi connectivity index (χ3v) is 6.01. The highest BCUT2D eigenvalue weighted by Gasteiger charge is 2.32. The molecular weight excluding hydrogens is 366 g/mol. The Labute approximate surface area is 169 Å². The zero-order valence-corrected chi connectivity index (χ0v) is 16.6. The molecule has 0 saturated heterocycles. The van der Waals surface area contributed by atoms with Gasteiger partial charge in [-0.25, -0.2) is 4.98 Å². The van der Waals surface area contributed by atoms with E-state index in [0.717, 1.165) is 24.1 Å². The van der Waals surface area contributed by atoms with Gasteiger partial charge in [-0.15, -0.1) is 11.3 Å². The molecule has 2 aromatic carbocycles. The van der Waals surface area contributed by atoms with Gasteiger partial charge in [0.1, 0.15) is 16.6 Å². The van der Waals surface area contributed by atoms with Crippen molar-refractivity contribution in [2.24, 2.45) is 0 Å². The maximum atomic E-state index is 10.6. The molecule has 0 amide bonds. The first kappa shape index (κ1) is 18.4. The fraction of sp³-hybridized carbons (Fsp3) is 0.217. The van der Waals surface area contributed by atoms with Crippen LogP contribution in [0.15, 0.2) is 71.8 Å². The Morgan fingerprint density at radius 2 is 1.79 bits per heavy atom. The van der Waals surface area contributed by atoms with Crippen molar-refractivity contribution >= 4 is 22.7 Å². The van der Waals surface area contributed by atoms with E-state index in [2.05, 4.69) is 36.2 Å². The summed E-state index contributed by atoms with van der Waals surface area (Å²) in [5.41, 5.74) is 3.79. The fourth-order valence-electron chi connectivity index (χ4n) is 3.51. The lowest BCUT2D eigenvalue weighted by molar-refractivity contribution is 0.296. The van der Waals surface area contributed by atoms with Gasteiger partial charge in [0.15, 0.2) is 0 Å². The Morgan fingerprint density at radius 3 is 2.50 bits per heavy atom. The molecule has 0 unspecified atom stereocenters. The summed E-state index contributed by atoms with van der Waals surface area (Å²) in [5, 5.41) is 21.9. The summed E-state index contributed by atoms with van der Waals surface area (Å²) in [4.78, 5) is 6.65. The van der Waals surface area contributed by atoms with Crippen LogP contribution in [0.2, 0.25) is 0 Å². The number of hydrogen-bond donors (Lipinski definition) is 2. The molecule has 0 fully saturated rings. The minimum absolute atomic E-state index is 0.168. The first-order valence-electron chi connectivity index (χ1n) is 9.46. The molecule has 0 aliphatic carbocycles. The normalized spacial score (nSPS) is 15.3. The molecule has 1 aliphatic heterocycles. The maximum absolute atomic E-state index is 10.6. The summed E-state index contributed by atoms with van der Waals surface area (Å²) in [6, 6.07) is 20.5. The summed E-state index contributed by atoms with van der Waals surface area (Å²) in [7, 11) is 0. The predicted octanol–water partition coefficient (Wildman–Crippen LogP) is 5.39. The zero-order chi connectivity index (χ0) is 19.5. The number of amidine groups is 1. The Morgan fingerprint density at radius 1 is 1.11 bits per heavy atom. The van der Waals surface area contributed by atoms with Gasteiger partial charge < -0.3 is 10.0 Å². The van der Waals surface area contributed by atoms with Crippen molar-refractivity contribution in [3.05, 3.63) is 82.4 Å². The van der Waals surface area contributed by atoms with Crippen molar-refractivity contribution in [2.75, 3.05) is 6.54 Å². The van der Waals surface area contributed by atoms with E-state index in [9.17, 15) is 5.11 Å². The van der Waals surface area contributed by atoms with E-state index < -0.39 is 0 Å². The molecule has 2 N–H and O–H groups in total. The number of thiazole rings is 1. The van der Waals surface area contributed by atoms with Crippen LogP contribution in [0.25, 0.3) is 16.8 Å². The Hall–Kier alpha value is -2.92. The van der Waals surface area contributed by atoms with Crippen molar-refractivity contribution < 1.29 is 5.11 Å². The number of aryl methyl sites for hydroxylation is 1. The molecule has 0 radical (unpaired) electrons. The van der Waals surface area contributed by atoms with Crippen molar-refractivity contribution in [2.45, 2.75) is 25.8 Å². The third kappa shape index (κ3) is 3.71. The molecule has 1 aromatic heterocycles. The van der Waals surface area contributed by atoms with Crippen LogP contribution >= 0.6 is 11.3 Å². The lowest BCUT2D eigenvalue weighted by Crippen LogP contribution is -2.35. The van der Waals surface area contributed by atoms with E-state index in [1.807, 2.05) is 46.7 Å². The van der Waals surface area contributed by atoms with Gasteiger partial charge in [0, 0.05) is 17.0 Å². The van der Waals surface area contributed by atoms with Gasteiger partial charge in [-0.1, -0.05) is 60.7 Å². The highest BCUT2D eigenvalue weighted by Crippen LogP contribution is 2.33. The minimum atomic E-state index is 0.168. The number of rotatable bonds is 6. The number of aromatic nitrogens is 1. The summed E-state index contributed by atoms with van der Waals surface area (Å²) in [6.45, 7) is 2.50. The smallest absolute Gasteiger partial charge is 0.135 e. The van der Waals surface area contributed by atoms with Crippen molar-refractivity contribution in [3.63, 3.8) is 0 Å². The summed E-state index contributed by atoms with van der Waals surface area (Å²) in [6.07, 6.45) is 1.89. The van der Waals surface area contributed by atoms with E-state index in [-0.39, 0.29) is 11.8 Å². The Bertz CT molecular complexity index is 995. The molecule has 28 heavy (non-hydrogen) atoms. The van der Waals surface area contributed by atoms with E-state index in [1.165, 1.54) is 16.9 Å². The quantitative estimate of drug-likeness (QED) is 0.594. The fourth-order valence-corrected chi connectivity index (χ4v) is 4.40. The molecular formula is C23H23N3OS. The van der Waals surface area contributed by atoms with Crippen LogP contribution in [0.3, 0.4) is 0 Å². The topological polar surface area (TPSA) is 60.2 Å². The van der Waals surface area contributed by atoms with E-state index in [1.54, 1.807) is 0 Å². The van der Waals surface area contributed by atoms with E-state index in [4.69, 9.17) is 5.41 Å². The van der Waals surface area contributed by atoms with E-state index >= 15 is 0 Å². The lowest BCUT2D eigenvalue weighted by Gasteiger charge is -2.26. The van der Waals surface area contributed by atoms with Crippen LogP contribution in [-0.4, -0.2) is 33.4 Å². The number of nitrogens with zero attached hydrogens (tertiary/aromatic N) is 2. The molecule has 0 spiro atoms.